The fraction of sp³-hybridized carbons (Fsp3) is 0.167. The Morgan fingerprint density at radius 2 is 2.00 bits per heavy atom. The Morgan fingerprint density at radius 1 is 1.29 bits per heavy atom. The summed E-state index contributed by atoms with van der Waals surface area (Å²) >= 11 is 5.49. The van der Waals surface area contributed by atoms with Crippen molar-refractivity contribution in [3.05, 3.63) is 41.0 Å². The quantitative estimate of drug-likeness (QED) is 0.886. The molecule has 2 N–H and O–H groups in total. The van der Waals surface area contributed by atoms with E-state index in [0.717, 1.165) is 12.1 Å². The number of aryl methyl sites for hydroxylation is 1. The molecule has 0 atom stereocenters. The van der Waals surface area contributed by atoms with E-state index >= 15 is 0 Å². The van der Waals surface area contributed by atoms with Gasteiger partial charge in [-0.25, -0.2) is 4.79 Å². The summed E-state index contributed by atoms with van der Waals surface area (Å²) in [6, 6.07) is 3.98. The lowest BCUT2D eigenvalue weighted by Gasteiger charge is -2.12. The summed E-state index contributed by atoms with van der Waals surface area (Å²) in [5, 5.41) is 8.16. The number of anilines is 2. The van der Waals surface area contributed by atoms with E-state index in [1.165, 1.54) is 16.9 Å². The lowest BCUT2D eigenvalue weighted by atomic mass is 10.2. The van der Waals surface area contributed by atoms with E-state index in [-0.39, 0.29) is 5.69 Å². The van der Waals surface area contributed by atoms with Gasteiger partial charge in [0.05, 0.1) is 16.8 Å². The van der Waals surface area contributed by atoms with Gasteiger partial charge in [0.2, 0.25) is 0 Å². The lowest BCUT2D eigenvalue weighted by molar-refractivity contribution is -0.137. The van der Waals surface area contributed by atoms with Gasteiger partial charge in [-0.05, 0) is 18.2 Å². The number of benzene rings is 1. The number of urea groups is 1. The Morgan fingerprint density at radius 3 is 2.57 bits per heavy atom. The van der Waals surface area contributed by atoms with Crippen molar-refractivity contribution in [3.63, 3.8) is 0 Å². The van der Waals surface area contributed by atoms with Crippen molar-refractivity contribution in [2.75, 3.05) is 10.6 Å². The highest BCUT2D eigenvalue weighted by atomic mass is 35.5. The Hall–Kier alpha value is -2.22. The van der Waals surface area contributed by atoms with Crippen LogP contribution in [0.15, 0.2) is 30.5 Å². The van der Waals surface area contributed by atoms with Gasteiger partial charge < -0.3 is 5.32 Å². The molecule has 5 nitrogen and oxygen atoms in total. The minimum Gasteiger partial charge on any atom is -0.308 e. The molecule has 0 fully saturated rings. The second-order valence-corrected chi connectivity index (χ2v) is 4.52. The number of nitrogens with zero attached hydrogens (tertiary/aromatic N) is 2. The molecule has 1 aromatic heterocycles. The third kappa shape index (κ3) is 3.66. The van der Waals surface area contributed by atoms with Crippen LogP contribution in [0.5, 0.6) is 0 Å². The number of nitrogens with one attached hydrogen (secondary N) is 2. The average Bonchev–Trinajstić information content (AvgIpc) is 2.76. The molecule has 0 saturated heterocycles. The third-order valence-corrected chi connectivity index (χ3v) is 2.92. The maximum atomic E-state index is 12.7. The zero-order chi connectivity index (χ0) is 15.6. The van der Waals surface area contributed by atoms with E-state index in [1.807, 2.05) is 0 Å². The molecule has 21 heavy (non-hydrogen) atoms. The van der Waals surface area contributed by atoms with Gasteiger partial charge in [0.25, 0.3) is 0 Å². The summed E-state index contributed by atoms with van der Waals surface area (Å²) in [4.78, 5) is 11.7. The number of aromatic nitrogens is 2. The molecule has 0 aliphatic heterocycles. The Kier molecular flexibility index (Phi) is 4.08. The lowest BCUT2D eigenvalue weighted by Crippen LogP contribution is -2.21. The molecule has 9 heteroatoms. The number of hydrogen-bond donors (Lipinski definition) is 2. The van der Waals surface area contributed by atoms with E-state index in [0.29, 0.717) is 5.82 Å². The predicted molar refractivity (Wildman–Crippen MR) is 72.3 cm³/mol. The Labute approximate surface area is 122 Å². The number of halogens is 4. The molecule has 1 aromatic carbocycles. The molecule has 0 aliphatic rings. The van der Waals surface area contributed by atoms with Gasteiger partial charge in [-0.2, -0.15) is 18.3 Å². The van der Waals surface area contributed by atoms with Crippen molar-refractivity contribution in [1.82, 2.24) is 9.78 Å². The predicted octanol–water partition coefficient (Wildman–Crippen LogP) is 3.74. The number of alkyl halides is 3. The van der Waals surface area contributed by atoms with Crippen molar-refractivity contribution < 1.29 is 18.0 Å². The molecule has 1 heterocycles. The van der Waals surface area contributed by atoms with E-state index in [4.69, 9.17) is 11.6 Å². The summed E-state index contributed by atoms with van der Waals surface area (Å²) in [5.74, 6) is 0.400. The standard InChI is InChI=1S/C12H10ClF3N4O/c1-20-10(4-5-17-20)19-11(21)18-7-2-3-9(13)8(6-7)12(14,15)16/h2-6H,1H3,(H2,18,19,21). The monoisotopic (exact) mass is 318 g/mol. The SMILES string of the molecule is Cn1nccc1NC(=O)Nc1ccc(Cl)c(C(F)(F)F)c1. The van der Waals surface area contributed by atoms with Gasteiger partial charge in [-0.3, -0.25) is 10.00 Å². The summed E-state index contributed by atoms with van der Waals surface area (Å²) in [6.07, 6.45) is -3.12. The van der Waals surface area contributed by atoms with E-state index < -0.39 is 22.8 Å². The Balaban J connectivity index is 2.13. The smallest absolute Gasteiger partial charge is 0.308 e. The first-order chi connectivity index (χ1) is 9.77. The van der Waals surface area contributed by atoms with E-state index in [1.54, 1.807) is 13.1 Å². The molecule has 0 saturated carbocycles. The van der Waals surface area contributed by atoms with Crippen molar-refractivity contribution in [3.8, 4) is 0 Å². The fourth-order valence-electron chi connectivity index (χ4n) is 1.60. The van der Waals surface area contributed by atoms with Crippen molar-refractivity contribution in [1.29, 1.82) is 0 Å². The maximum Gasteiger partial charge on any atom is 0.417 e. The van der Waals surface area contributed by atoms with Crippen LogP contribution in [0.2, 0.25) is 5.02 Å². The van der Waals surface area contributed by atoms with Gasteiger partial charge >= 0.3 is 12.2 Å². The molecule has 112 valence electrons. The number of amides is 2. The van der Waals surface area contributed by atoms with Crippen molar-refractivity contribution in [2.45, 2.75) is 6.18 Å². The molecular weight excluding hydrogens is 309 g/mol. The highest BCUT2D eigenvalue weighted by Crippen LogP contribution is 2.36. The molecule has 0 radical (unpaired) electrons. The summed E-state index contributed by atoms with van der Waals surface area (Å²) in [6.45, 7) is 0. The summed E-state index contributed by atoms with van der Waals surface area (Å²) in [5.41, 5.74) is -1.03. The van der Waals surface area contributed by atoms with Gasteiger partial charge in [0, 0.05) is 18.8 Å². The Bertz CT molecular complexity index is 669. The normalized spacial score (nSPS) is 11.3. The van der Waals surface area contributed by atoms with Crippen LogP contribution in [0, 0.1) is 0 Å². The van der Waals surface area contributed by atoms with Crippen LogP contribution in [-0.2, 0) is 13.2 Å². The second-order valence-electron chi connectivity index (χ2n) is 4.11. The van der Waals surface area contributed by atoms with Crippen LogP contribution >= 0.6 is 11.6 Å². The molecule has 0 unspecified atom stereocenters. The van der Waals surface area contributed by atoms with Crippen LogP contribution in [0.4, 0.5) is 29.5 Å². The average molecular weight is 319 g/mol. The van der Waals surface area contributed by atoms with Gasteiger partial charge in [-0.1, -0.05) is 11.6 Å². The van der Waals surface area contributed by atoms with E-state index in [9.17, 15) is 18.0 Å². The molecule has 0 spiro atoms. The van der Waals surface area contributed by atoms with Gasteiger partial charge in [0.15, 0.2) is 0 Å². The van der Waals surface area contributed by atoms with E-state index in [2.05, 4.69) is 15.7 Å². The third-order valence-electron chi connectivity index (χ3n) is 2.59. The van der Waals surface area contributed by atoms with Crippen LogP contribution in [0.1, 0.15) is 5.56 Å². The zero-order valence-electron chi connectivity index (χ0n) is 10.7. The van der Waals surface area contributed by atoms with Crippen LogP contribution in [0.25, 0.3) is 0 Å². The first-order valence-electron chi connectivity index (χ1n) is 5.70. The number of carbonyl (C=O) groups is 1. The molecular formula is C12H10ClF3N4O. The first kappa shape index (κ1) is 15.2. The van der Waals surface area contributed by atoms with Crippen LogP contribution < -0.4 is 10.6 Å². The van der Waals surface area contributed by atoms with Crippen LogP contribution in [0.3, 0.4) is 0 Å². The van der Waals surface area contributed by atoms with Gasteiger partial charge in [-0.15, -0.1) is 0 Å². The number of carbonyl (C=O) groups excluding carboxylic acids is 1. The maximum absolute atomic E-state index is 12.7. The number of rotatable bonds is 2. The van der Waals surface area contributed by atoms with Gasteiger partial charge in [0.1, 0.15) is 5.82 Å². The van der Waals surface area contributed by atoms with Crippen molar-refractivity contribution in [2.24, 2.45) is 7.05 Å². The molecule has 0 bridgehead atoms. The minimum atomic E-state index is -4.59. The topological polar surface area (TPSA) is 59.0 Å². The molecule has 2 amide bonds. The largest absolute Gasteiger partial charge is 0.417 e. The minimum absolute atomic E-state index is 0.0219. The van der Waals surface area contributed by atoms with Crippen LogP contribution in [-0.4, -0.2) is 15.8 Å². The molecule has 2 rings (SSSR count). The summed E-state index contributed by atoms with van der Waals surface area (Å²) in [7, 11) is 1.61. The first-order valence-corrected chi connectivity index (χ1v) is 6.08. The molecule has 0 aliphatic carbocycles. The van der Waals surface area contributed by atoms with Crippen molar-refractivity contribution >= 4 is 29.1 Å². The summed E-state index contributed by atoms with van der Waals surface area (Å²) < 4.78 is 39.5. The second kappa shape index (κ2) is 5.65. The molecule has 2 aromatic rings. The highest BCUT2D eigenvalue weighted by molar-refractivity contribution is 6.31. The fourth-order valence-corrected chi connectivity index (χ4v) is 1.82. The highest BCUT2D eigenvalue weighted by Gasteiger charge is 2.33. The zero-order valence-corrected chi connectivity index (χ0v) is 11.5. The number of hydrogen-bond acceptors (Lipinski definition) is 2.